The first kappa shape index (κ1) is 17.4. The van der Waals surface area contributed by atoms with E-state index in [2.05, 4.69) is 64.2 Å². The van der Waals surface area contributed by atoms with Gasteiger partial charge in [-0.15, -0.1) is 0 Å². The van der Waals surface area contributed by atoms with Crippen LogP contribution >= 0.6 is 0 Å². The van der Waals surface area contributed by atoms with Crippen LogP contribution in [-0.4, -0.2) is 5.78 Å². The SMILES string of the molecule is CC=C(C)C=CC=C(C)C=CC1=C(C)C(=O)CCC1(C)C. The lowest BCUT2D eigenvalue weighted by molar-refractivity contribution is -0.116. The topological polar surface area (TPSA) is 17.1 Å². The number of Topliss-reactive ketones (excluding diaryl/α,β-unsaturated/α-hetero) is 1. The molecule has 114 valence electrons. The summed E-state index contributed by atoms with van der Waals surface area (Å²) in [5.41, 5.74) is 4.63. The van der Waals surface area contributed by atoms with Gasteiger partial charge in [-0.25, -0.2) is 0 Å². The Morgan fingerprint density at radius 1 is 1.14 bits per heavy atom. The Balaban J connectivity index is 2.92. The molecule has 0 fully saturated rings. The molecule has 0 heterocycles. The second-order valence-corrected chi connectivity index (χ2v) is 6.48. The number of rotatable bonds is 4. The van der Waals surface area contributed by atoms with E-state index >= 15 is 0 Å². The van der Waals surface area contributed by atoms with Crippen LogP contribution in [0.3, 0.4) is 0 Å². The maximum atomic E-state index is 11.9. The molecular formula is C20H28O. The predicted molar refractivity (Wildman–Crippen MR) is 92.2 cm³/mol. The molecule has 0 amide bonds. The number of allylic oxidation sites excluding steroid dienone is 10. The van der Waals surface area contributed by atoms with Crippen molar-refractivity contribution in [3.8, 4) is 0 Å². The Hall–Kier alpha value is -1.63. The van der Waals surface area contributed by atoms with Gasteiger partial charge in [0.1, 0.15) is 0 Å². The highest BCUT2D eigenvalue weighted by Gasteiger charge is 2.30. The van der Waals surface area contributed by atoms with Crippen LogP contribution in [0.2, 0.25) is 0 Å². The summed E-state index contributed by atoms with van der Waals surface area (Å²) in [6.07, 6.45) is 14.2. The van der Waals surface area contributed by atoms with Gasteiger partial charge in [-0.1, -0.05) is 61.4 Å². The third kappa shape index (κ3) is 5.00. The van der Waals surface area contributed by atoms with Crippen LogP contribution < -0.4 is 0 Å². The summed E-state index contributed by atoms with van der Waals surface area (Å²) in [5.74, 6) is 0.291. The monoisotopic (exact) mass is 284 g/mol. The Morgan fingerprint density at radius 2 is 1.81 bits per heavy atom. The summed E-state index contributed by atoms with van der Waals surface area (Å²) in [6, 6.07) is 0. The molecule has 0 aromatic rings. The molecule has 0 spiro atoms. The fraction of sp³-hybridized carbons (Fsp3) is 0.450. The van der Waals surface area contributed by atoms with Gasteiger partial charge in [0.15, 0.2) is 5.78 Å². The number of hydrogen-bond acceptors (Lipinski definition) is 1. The standard InChI is InChI=1S/C20H28O/c1-7-15(2)9-8-10-16(3)11-12-18-17(4)19(21)13-14-20(18,5)6/h7-12H,13-14H2,1-6H3. The summed E-state index contributed by atoms with van der Waals surface area (Å²) in [4.78, 5) is 11.9. The molecule has 1 aliphatic rings. The summed E-state index contributed by atoms with van der Waals surface area (Å²) in [7, 11) is 0. The first-order valence-electron chi connectivity index (χ1n) is 7.68. The van der Waals surface area contributed by atoms with Crippen molar-refractivity contribution >= 4 is 5.78 Å². The van der Waals surface area contributed by atoms with Crippen LogP contribution in [0.1, 0.15) is 54.4 Å². The van der Waals surface area contributed by atoms with Crippen molar-refractivity contribution in [3.63, 3.8) is 0 Å². The van der Waals surface area contributed by atoms with Gasteiger partial charge < -0.3 is 0 Å². The fourth-order valence-electron chi connectivity index (χ4n) is 2.47. The number of carbonyl (C=O) groups is 1. The molecule has 0 atom stereocenters. The quantitative estimate of drug-likeness (QED) is 0.604. The lowest BCUT2D eigenvalue weighted by Gasteiger charge is -2.32. The molecule has 0 aromatic heterocycles. The normalized spacial score (nSPS) is 21.0. The van der Waals surface area contributed by atoms with E-state index in [9.17, 15) is 4.79 Å². The molecule has 0 saturated heterocycles. The molecule has 0 N–H and O–H groups in total. The molecule has 0 saturated carbocycles. The molecule has 0 unspecified atom stereocenters. The Bertz CT molecular complexity index is 548. The lowest BCUT2D eigenvalue weighted by Crippen LogP contribution is -2.24. The van der Waals surface area contributed by atoms with E-state index in [0.29, 0.717) is 12.2 Å². The third-order valence-electron chi connectivity index (χ3n) is 4.21. The van der Waals surface area contributed by atoms with E-state index in [1.165, 1.54) is 16.7 Å². The smallest absolute Gasteiger partial charge is 0.158 e. The minimum Gasteiger partial charge on any atom is -0.295 e. The molecule has 21 heavy (non-hydrogen) atoms. The van der Waals surface area contributed by atoms with Crippen molar-refractivity contribution in [2.45, 2.75) is 54.4 Å². The minimum absolute atomic E-state index is 0.0894. The molecule has 0 bridgehead atoms. The minimum atomic E-state index is 0.0894. The molecule has 1 nitrogen and oxygen atoms in total. The molecule has 1 heteroatoms. The van der Waals surface area contributed by atoms with Gasteiger partial charge in [0, 0.05) is 6.42 Å². The zero-order chi connectivity index (χ0) is 16.0. The fourth-order valence-corrected chi connectivity index (χ4v) is 2.47. The van der Waals surface area contributed by atoms with Gasteiger partial charge in [0.05, 0.1) is 0 Å². The average Bonchev–Trinajstić information content (AvgIpc) is 2.43. The van der Waals surface area contributed by atoms with E-state index < -0.39 is 0 Å². The highest BCUT2D eigenvalue weighted by molar-refractivity contribution is 5.97. The summed E-state index contributed by atoms with van der Waals surface area (Å²) in [5, 5.41) is 0. The molecule has 0 aromatic carbocycles. The summed E-state index contributed by atoms with van der Waals surface area (Å²) in [6.45, 7) is 12.6. The van der Waals surface area contributed by atoms with Crippen LogP contribution in [0.15, 0.2) is 58.7 Å². The summed E-state index contributed by atoms with van der Waals surface area (Å²) < 4.78 is 0. The van der Waals surface area contributed by atoms with E-state index in [0.717, 1.165) is 12.0 Å². The first-order chi connectivity index (χ1) is 9.77. The maximum absolute atomic E-state index is 11.9. The molecule has 1 rings (SSSR count). The zero-order valence-corrected chi connectivity index (χ0v) is 14.3. The van der Waals surface area contributed by atoms with Gasteiger partial charge in [0.2, 0.25) is 0 Å². The Labute approximate surface area is 129 Å². The highest BCUT2D eigenvalue weighted by Crippen LogP contribution is 2.39. The van der Waals surface area contributed by atoms with Gasteiger partial charge in [-0.2, -0.15) is 0 Å². The predicted octanol–water partition coefficient (Wildman–Crippen LogP) is 5.72. The average molecular weight is 284 g/mol. The Morgan fingerprint density at radius 3 is 2.43 bits per heavy atom. The second kappa shape index (κ2) is 7.40. The van der Waals surface area contributed by atoms with Crippen molar-refractivity contribution < 1.29 is 4.79 Å². The number of hydrogen-bond donors (Lipinski definition) is 0. The molecular weight excluding hydrogens is 256 g/mol. The third-order valence-corrected chi connectivity index (χ3v) is 4.21. The first-order valence-corrected chi connectivity index (χ1v) is 7.68. The van der Waals surface area contributed by atoms with Crippen LogP contribution in [0.5, 0.6) is 0 Å². The van der Waals surface area contributed by atoms with Crippen molar-refractivity contribution in [2.24, 2.45) is 5.41 Å². The number of ketones is 1. The van der Waals surface area contributed by atoms with E-state index in [-0.39, 0.29) is 5.41 Å². The van der Waals surface area contributed by atoms with E-state index in [1.807, 2.05) is 13.8 Å². The van der Waals surface area contributed by atoms with Crippen molar-refractivity contribution in [3.05, 3.63) is 58.7 Å². The maximum Gasteiger partial charge on any atom is 0.158 e. The van der Waals surface area contributed by atoms with Crippen LogP contribution in [0.4, 0.5) is 0 Å². The van der Waals surface area contributed by atoms with Gasteiger partial charge in [-0.3, -0.25) is 4.79 Å². The van der Waals surface area contributed by atoms with Crippen molar-refractivity contribution in [1.29, 1.82) is 0 Å². The van der Waals surface area contributed by atoms with Gasteiger partial charge in [-0.05, 0) is 50.7 Å². The van der Waals surface area contributed by atoms with Crippen molar-refractivity contribution in [2.75, 3.05) is 0 Å². The highest BCUT2D eigenvalue weighted by atomic mass is 16.1. The lowest BCUT2D eigenvalue weighted by atomic mass is 9.72. The molecule has 0 radical (unpaired) electrons. The second-order valence-electron chi connectivity index (χ2n) is 6.48. The van der Waals surface area contributed by atoms with Crippen molar-refractivity contribution in [1.82, 2.24) is 0 Å². The van der Waals surface area contributed by atoms with Crippen LogP contribution in [0.25, 0.3) is 0 Å². The zero-order valence-electron chi connectivity index (χ0n) is 14.3. The largest absolute Gasteiger partial charge is 0.295 e. The van der Waals surface area contributed by atoms with E-state index in [4.69, 9.17) is 0 Å². The molecule has 1 aliphatic carbocycles. The van der Waals surface area contributed by atoms with Crippen LogP contribution in [0, 0.1) is 5.41 Å². The Kier molecular flexibility index (Phi) is 6.14. The number of carbonyl (C=O) groups excluding carboxylic acids is 1. The molecule has 0 aliphatic heterocycles. The van der Waals surface area contributed by atoms with Gasteiger partial charge in [0.25, 0.3) is 0 Å². The van der Waals surface area contributed by atoms with E-state index in [1.54, 1.807) is 0 Å². The van der Waals surface area contributed by atoms with Crippen LogP contribution in [-0.2, 0) is 4.79 Å². The summed E-state index contributed by atoms with van der Waals surface area (Å²) >= 11 is 0. The van der Waals surface area contributed by atoms with Gasteiger partial charge >= 0.3 is 0 Å².